The number of halogens is 2. The highest BCUT2D eigenvalue weighted by Gasteiger charge is 2.54. The number of para-hydroxylation sites is 1. The van der Waals surface area contributed by atoms with Gasteiger partial charge in [-0.05, 0) is 42.8 Å². The average Bonchev–Trinajstić information content (AvgIpc) is 3.12. The van der Waals surface area contributed by atoms with Crippen LogP contribution in [0.25, 0.3) is 0 Å². The number of rotatable bonds is 7. The van der Waals surface area contributed by atoms with Gasteiger partial charge in [-0.3, -0.25) is 18.9 Å². The molecule has 7 nitrogen and oxygen atoms in total. The van der Waals surface area contributed by atoms with Gasteiger partial charge in [0.25, 0.3) is 11.7 Å². The van der Waals surface area contributed by atoms with Gasteiger partial charge in [-0.1, -0.05) is 18.2 Å². The van der Waals surface area contributed by atoms with Gasteiger partial charge in [0.15, 0.2) is 0 Å². The molecule has 2 unspecified atom stereocenters. The van der Waals surface area contributed by atoms with Crippen molar-refractivity contribution < 1.29 is 33.0 Å². The molecule has 1 aliphatic rings. The van der Waals surface area contributed by atoms with Crippen molar-refractivity contribution >= 4 is 17.8 Å². The summed E-state index contributed by atoms with van der Waals surface area (Å²) in [5.74, 6) is -6.08. The van der Waals surface area contributed by atoms with Crippen LogP contribution in [-0.2, 0) is 9.59 Å². The van der Waals surface area contributed by atoms with Gasteiger partial charge in [0.2, 0.25) is 5.91 Å². The molecule has 1 saturated heterocycles. The molecule has 1 heterocycles. The number of aryl methyl sites for hydroxylation is 1. The first-order chi connectivity index (χ1) is 14.7. The van der Waals surface area contributed by atoms with Crippen LogP contribution in [0.5, 0.6) is 11.5 Å². The van der Waals surface area contributed by atoms with E-state index >= 15 is 0 Å². The Morgan fingerprint density at radius 1 is 1.23 bits per heavy atom. The average molecular weight is 432 g/mol. The number of likely N-dealkylation sites (tertiary alicyclic amines) is 1. The number of aliphatic carboxylic acids is 1. The monoisotopic (exact) mass is 432 g/mol. The summed E-state index contributed by atoms with van der Waals surface area (Å²) in [6.45, 7) is -0.158. The molecule has 1 fully saturated rings. The van der Waals surface area contributed by atoms with Gasteiger partial charge in [-0.15, -0.1) is 0 Å². The molecule has 31 heavy (non-hydrogen) atoms. The number of amides is 2. The largest absolute Gasteiger partial charge is 0.477 e. The Labute approximate surface area is 177 Å². The van der Waals surface area contributed by atoms with Crippen molar-refractivity contribution in [2.45, 2.75) is 19.1 Å². The molecular formula is C22H22F2N2O5. The first-order valence-corrected chi connectivity index (χ1v) is 9.65. The topological polar surface area (TPSA) is 95.9 Å². The Kier molecular flexibility index (Phi) is 6.53. The first-order valence-electron chi connectivity index (χ1n) is 9.65. The lowest BCUT2D eigenvalue weighted by Crippen LogP contribution is -2.52. The van der Waals surface area contributed by atoms with Crippen LogP contribution >= 0.6 is 0 Å². The summed E-state index contributed by atoms with van der Waals surface area (Å²) in [6.07, 6.45) is -0.624. The van der Waals surface area contributed by atoms with E-state index in [0.717, 1.165) is 0 Å². The van der Waals surface area contributed by atoms with Crippen molar-refractivity contribution in [3.05, 3.63) is 59.7 Å². The van der Waals surface area contributed by atoms with Crippen molar-refractivity contribution in [3.8, 4) is 11.5 Å². The SMILES string of the molecule is Cc1cc(C(=O)NCC(=O)N2CC(CF)CC2(F)C(=O)O)ccc1Oc1ccccc1. The standard InChI is InChI=1S/C22H22F2N2O5/c1-14-9-16(7-8-18(14)31-17-5-3-2-4-6-17)20(28)25-12-19(27)26-13-15(11-23)10-22(26,24)21(29)30/h2-9,15H,10-13H2,1H3,(H,25,28)(H,29,30). The highest BCUT2D eigenvalue weighted by molar-refractivity contribution is 5.97. The van der Waals surface area contributed by atoms with Crippen molar-refractivity contribution in [3.63, 3.8) is 0 Å². The number of benzene rings is 2. The molecule has 2 aromatic rings. The predicted octanol–water partition coefficient (Wildman–Crippen LogP) is 3.09. The van der Waals surface area contributed by atoms with Crippen LogP contribution < -0.4 is 10.1 Å². The van der Waals surface area contributed by atoms with Crippen LogP contribution in [-0.4, -0.2) is 53.3 Å². The molecule has 0 bridgehead atoms. The number of carbonyl (C=O) groups is 3. The fourth-order valence-electron chi connectivity index (χ4n) is 3.44. The van der Waals surface area contributed by atoms with E-state index in [1.54, 1.807) is 31.2 Å². The van der Waals surface area contributed by atoms with Gasteiger partial charge in [0.05, 0.1) is 13.2 Å². The van der Waals surface area contributed by atoms with E-state index in [2.05, 4.69) is 5.32 Å². The highest BCUT2D eigenvalue weighted by Crippen LogP contribution is 2.35. The van der Waals surface area contributed by atoms with E-state index in [4.69, 9.17) is 9.84 Å². The van der Waals surface area contributed by atoms with Crippen molar-refractivity contribution in [1.82, 2.24) is 10.2 Å². The van der Waals surface area contributed by atoms with E-state index in [-0.39, 0.29) is 12.1 Å². The maximum Gasteiger partial charge on any atom is 0.362 e. The smallest absolute Gasteiger partial charge is 0.362 e. The number of alkyl halides is 2. The third-order valence-corrected chi connectivity index (χ3v) is 5.08. The van der Waals surface area contributed by atoms with Crippen LogP contribution in [0.2, 0.25) is 0 Å². The number of hydrogen-bond donors (Lipinski definition) is 2. The summed E-state index contributed by atoms with van der Waals surface area (Å²) in [7, 11) is 0. The minimum atomic E-state index is -2.98. The molecule has 2 aromatic carbocycles. The third kappa shape index (κ3) is 4.82. The number of nitrogens with zero attached hydrogens (tertiary/aromatic N) is 1. The molecule has 2 amide bonds. The summed E-state index contributed by atoms with van der Waals surface area (Å²) in [5, 5.41) is 11.5. The molecule has 164 valence electrons. The minimum Gasteiger partial charge on any atom is -0.477 e. The second kappa shape index (κ2) is 9.11. The predicted molar refractivity (Wildman–Crippen MR) is 107 cm³/mol. The van der Waals surface area contributed by atoms with Crippen molar-refractivity contribution in [1.29, 1.82) is 0 Å². The zero-order chi connectivity index (χ0) is 22.6. The molecule has 2 atom stereocenters. The number of ether oxygens (including phenoxy) is 1. The van der Waals surface area contributed by atoms with Crippen molar-refractivity contribution in [2.24, 2.45) is 5.92 Å². The molecule has 2 N–H and O–H groups in total. The lowest BCUT2D eigenvalue weighted by Gasteiger charge is -2.27. The Balaban J connectivity index is 1.63. The molecule has 3 rings (SSSR count). The maximum atomic E-state index is 14.7. The molecule has 0 spiro atoms. The fraction of sp³-hybridized carbons (Fsp3) is 0.318. The molecule has 1 aliphatic heterocycles. The van der Waals surface area contributed by atoms with E-state index in [1.165, 1.54) is 6.07 Å². The number of carboxylic acid groups (broad SMARTS) is 1. The van der Waals surface area contributed by atoms with Gasteiger partial charge in [-0.2, -0.15) is 0 Å². The molecular weight excluding hydrogens is 410 g/mol. The number of carboxylic acids is 1. The van der Waals surface area contributed by atoms with E-state index in [0.29, 0.717) is 22.0 Å². The Morgan fingerprint density at radius 2 is 1.94 bits per heavy atom. The summed E-state index contributed by atoms with van der Waals surface area (Å²) in [5.41, 5.74) is 0.931. The lowest BCUT2D eigenvalue weighted by molar-refractivity contribution is -0.168. The summed E-state index contributed by atoms with van der Waals surface area (Å²) >= 11 is 0. The molecule has 0 aliphatic carbocycles. The van der Waals surface area contributed by atoms with Crippen LogP contribution in [0, 0.1) is 12.8 Å². The van der Waals surface area contributed by atoms with E-state index < -0.39 is 49.1 Å². The van der Waals surface area contributed by atoms with Gasteiger partial charge in [0, 0.05) is 24.4 Å². The second-order valence-corrected chi connectivity index (χ2v) is 7.37. The van der Waals surface area contributed by atoms with Crippen LogP contribution in [0.1, 0.15) is 22.3 Å². The molecule has 0 aromatic heterocycles. The van der Waals surface area contributed by atoms with Crippen LogP contribution in [0.3, 0.4) is 0 Å². The quantitative estimate of drug-likeness (QED) is 0.656. The van der Waals surface area contributed by atoms with Gasteiger partial charge in [0.1, 0.15) is 11.5 Å². The normalized spacial score (nSPS) is 20.4. The summed E-state index contributed by atoms with van der Waals surface area (Å²) in [4.78, 5) is 36.5. The zero-order valence-corrected chi connectivity index (χ0v) is 16.8. The maximum absolute atomic E-state index is 14.7. The Hall–Kier alpha value is -3.49. The molecule has 0 radical (unpaired) electrons. The lowest BCUT2D eigenvalue weighted by atomic mass is 10.1. The Morgan fingerprint density at radius 3 is 2.55 bits per heavy atom. The van der Waals surface area contributed by atoms with Gasteiger partial charge < -0.3 is 15.2 Å². The first kappa shape index (κ1) is 22.2. The number of hydrogen-bond acceptors (Lipinski definition) is 4. The Bertz CT molecular complexity index is 985. The van der Waals surface area contributed by atoms with Crippen LogP contribution in [0.4, 0.5) is 8.78 Å². The summed E-state index contributed by atoms with van der Waals surface area (Å²) in [6, 6.07) is 13.8. The number of nitrogens with one attached hydrogen (secondary N) is 1. The highest BCUT2D eigenvalue weighted by atomic mass is 19.1. The zero-order valence-electron chi connectivity index (χ0n) is 16.8. The van der Waals surface area contributed by atoms with E-state index in [1.807, 2.05) is 18.2 Å². The third-order valence-electron chi connectivity index (χ3n) is 5.08. The molecule has 0 saturated carbocycles. The number of carbonyl (C=O) groups excluding carboxylic acids is 2. The minimum absolute atomic E-state index is 0.249. The van der Waals surface area contributed by atoms with Crippen LogP contribution in [0.15, 0.2) is 48.5 Å². The second-order valence-electron chi connectivity index (χ2n) is 7.37. The van der Waals surface area contributed by atoms with Crippen molar-refractivity contribution in [2.75, 3.05) is 19.8 Å². The van der Waals surface area contributed by atoms with Gasteiger partial charge >= 0.3 is 5.97 Å². The van der Waals surface area contributed by atoms with E-state index in [9.17, 15) is 23.2 Å². The van der Waals surface area contributed by atoms with Gasteiger partial charge in [-0.25, -0.2) is 9.18 Å². The fourth-order valence-corrected chi connectivity index (χ4v) is 3.44. The summed E-state index contributed by atoms with van der Waals surface area (Å²) < 4.78 is 33.4. The molecule has 9 heteroatoms.